The van der Waals surface area contributed by atoms with E-state index in [0.29, 0.717) is 18.3 Å². The van der Waals surface area contributed by atoms with Crippen LogP contribution in [0.25, 0.3) is 0 Å². The number of carboxylic acids is 1. The van der Waals surface area contributed by atoms with Gasteiger partial charge in [-0.15, -0.1) is 11.8 Å². The molecule has 1 unspecified atom stereocenters. The molecule has 0 aromatic heterocycles. The number of hydrogen-bond donors (Lipinski definition) is 1. The van der Waals surface area contributed by atoms with E-state index in [1.807, 2.05) is 24.3 Å². The molecule has 1 amide bonds. The van der Waals surface area contributed by atoms with E-state index < -0.39 is 11.9 Å². The normalized spacial score (nSPS) is 17.5. The van der Waals surface area contributed by atoms with Gasteiger partial charge in [0.1, 0.15) is 5.92 Å². The monoisotopic (exact) mass is 327 g/mol. The number of halogens is 1. The third-order valence-corrected chi connectivity index (χ3v) is 5.21. The molecule has 0 aliphatic carbocycles. The molecule has 0 radical (unpaired) electrons. The lowest BCUT2D eigenvalue weighted by molar-refractivity contribution is -0.150. The Balaban J connectivity index is 1.84. The smallest absolute Gasteiger partial charge is 0.315 e. The van der Waals surface area contributed by atoms with Crippen molar-refractivity contribution in [3.8, 4) is 0 Å². The van der Waals surface area contributed by atoms with Crippen molar-refractivity contribution < 1.29 is 14.7 Å². The summed E-state index contributed by atoms with van der Waals surface area (Å²) in [5, 5.41) is 10.1. The zero-order chi connectivity index (χ0) is 15.4. The summed E-state index contributed by atoms with van der Waals surface area (Å²) < 4.78 is 0. The first-order chi connectivity index (χ1) is 9.97. The lowest BCUT2D eigenvalue weighted by atomic mass is 10.1. The summed E-state index contributed by atoms with van der Waals surface area (Å²) in [5.41, 5.74) is 0. The fourth-order valence-electron chi connectivity index (χ4n) is 2.28. The fourth-order valence-corrected chi connectivity index (χ4v) is 3.53. The number of carbonyl (C=O) groups excluding carboxylic acids is 1. The van der Waals surface area contributed by atoms with Crippen molar-refractivity contribution >= 4 is 35.2 Å². The van der Waals surface area contributed by atoms with Gasteiger partial charge in [0.15, 0.2) is 0 Å². The zero-order valence-corrected chi connectivity index (χ0v) is 13.4. The molecule has 1 aliphatic rings. The van der Waals surface area contributed by atoms with Gasteiger partial charge in [-0.25, -0.2) is 0 Å². The second kappa shape index (κ2) is 7.18. The Labute approximate surface area is 133 Å². The highest BCUT2D eigenvalue weighted by atomic mass is 35.5. The van der Waals surface area contributed by atoms with Crippen LogP contribution in [-0.4, -0.2) is 40.2 Å². The SMILES string of the molecule is CC(C(=O)O)C(=O)N1CCC(Sc2ccc(Cl)cc2)CC1. The Morgan fingerprint density at radius 1 is 1.29 bits per heavy atom. The first-order valence-corrected chi connectivity index (χ1v) is 8.17. The summed E-state index contributed by atoms with van der Waals surface area (Å²) in [7, 11) is 0. The molecule has 1 aromatic carbocycles. The molecule has 2 rings (SSSR count). The van der Waals surface area contributed by atoms with Crippen LogP contribution >= 0.6 is 23.4 Å². The van der Waals surface area contributed by atoms with Gasteiger partial charge in [-0.1, -0.05) is 11.6 Å². The number of likely N-dealkylation sites (tertiary alicyclic amines) is 1. The predicted octanol–water partition coefficient (Wildman–Crippen LogP) is 3.14. The van der Waals surface area contributed by atoms with Gasteiger partial charge in [-0.2, -0.15) is 0 Å². The quantitative estimate of drug-likeness (QED) is 0.863. The molecule has 1 heterocycles. The number of thioether (sulfide) groups is 1. The summed E-state index contributed by atoms with van der Waals surface area (Å²) in [6.07, 6.45) is 1.76. The second-order valence-electron chi connectivity index (χ2n) is 5.16. The molecule has 6 heteroatoms. The summed E-state index contributed by atoms with van der Waals surface area (Å²) in [5.74, 6) is -2.29. The lowest BCUT2D eigenvalue weighted by Crippen LogP contribution is -2.43. The Bertz CT molecular complexity index is 512. The Hall–Kier alpha value is -1.20. The molecule has 21 heavy (non-hydrogen) atoms. The number of rotatable bonds is 4. The summed E-state index contributed by atoms with van der Waals surface area (Å²) in [4.78, 5) is 25.7. The molecule has 0 saturated carbocycles. The van der Waals surface area contributed by atoms with Gasteiger partial charge in [0.05, 0.1) is 0 Å². The molecule has 1 aromatic rings. The van der Waals surface area contributed by atoms with Gasteiger partial charge in [0.2, 0.25) is 5.91 Å². The maximum Gasteiger partial charge on any atom is 0.315 e. The number of aliphatic carboxylic acids is 1. The molecule has 0 bridgehead atoms. The Morgan fingerprint density at radius 2 is 1.86 bits per heavy atom. The maximum absolute atomic E-state index is 12.0. The highest BCUT2D eigenvalue weighted by Gasteiger charge is 2.29. The molecular weight excluding hydrogens is 310 g/mol. The van der Waals surface area contributed by atoms with Crippen molar-refractivity contribution in [1.29, 1.82) is 0 Å². The van der Waals surface area contributed by atoms with Crippen LogP contribution in [0.3, 0.4) is 0 Å². The van der Waals surface area contributed by atoms with Crippen LogP contribution in [0.15, 0.2) is 29.2 Å². The number of nitrogens with zero attached hydrogens (tertiary/aromatic N) is 1. The number of carbonyl (C=O) groups is 2. The van der Waals surface area contributed by atoms with Crippen molar-refractivity contribution in [2.24, 2.45) is 5.92 Å². The average Bonchev–Trinajstić information content (AvgIpc) is 2.49. The first kappa shape index (κ1) is 16.2. The fraction of sp³-hybridized carbons (Fsp3) is 0.467. The van der Waals surface area contributed by atoms with E-state index in [2.05, 4.69) is 0 Å². The Morgan fingerprint density at radius 3 is 2.38 bits per heavy atom. The summed E-state index contributed by atoms with van der Waals surface area (Å²) in [6, 6.07) is 7.74. The lowest BCUT2D eigenvalue weighted by Gasteiger charge is -2.32. The maximum atomic E-state index is 12.0. The minimum atomic E-state index is -1.06. The van der Waals surface area contributed by atoms with Crippen molar-refractivity contribution in [3.63, 3.8) is 0 Å². The van der Waals surface area contributed by atoms with E-state index in [-0.39, 0.29) is 5.91 Å². The van der Waals surface area contributed by atoms with Crippen molar-refractivity contribution in [1.82, 2.24) is 4.90 Å². The summed E-state index contributed by atoms with van der Waals surface area (Å²) >= 11 is 7.65. The van der Waals surface area contributed by atoms with Gasteiger partial charge in [0, 0.05) is 28.3 Å². The highest BCUT2D eigenvalue weighted by molar-refractivity contribution is 8.00. The zero-order valence-electron chi connectivity index (χ0n) is 11.8. The first-order valence-electron chi connectivity index (χ1n) is 6.91. The minimum absolute atomic E-state index is 0.280. The second-order valence-corrected chi connectivity index (χ2v) is 6.97. The molecular formula is C15H18ClNO3S. The van der Waals surface area contributed by atoms with Gasteiger partial charge in [-0.05, 0) is 44.0 Å². The molecule has 1 aliphatic heterocycles. The van der Waals surface area contributed by atoms with E-state index in [0.717, 1.165) is 17.9 Å². The Kier molecular flexibility index (Phi) is 5.53. The molecule has 1 fully saturated rings. The molecule has 114 valence electrons. The van der Waals surface area contributed by atoms with Gasteiger partial charge in [-0.3, -0.25) is 9.59 Å². The predicted molar refractivity (Wildman–Crippen MR) is 83.7 cm³/mol. The minimum Gasteiger partial charge on any atom is -0.481 e. The standard InChI is InChI=1S/C15H18ClNO3S/c1-10(15(19)20)14(18)17-8-6-13(7-9-17)21-12-4-2-11(16)3-5-12/h2-5,10,13H,6-9H2,1H3,(H,19,20). The number of amides is 1. The van der Waals surface area contributed by atoms with Crippen LogP contribution < -0.4 is 0 Å². The van der Waals surface area contributed by atoms with Gasteiger partial charge >= 0.3 is 5.97 Å². The van der Waals surface area contributed by atoms with E-state index in [4.69, 9.17) is 16.7 Å². The number of benzene rings is 1. The number of carboxylic acid groups (broad SMARTS) is 1. The van der Waals surface area contributed by atoms with E-state index >= 15 is 0 Å². The van der Waals surface area contributed by atoms with E-state index in [9.17, 15) is 9.59 Å². The van der Waals surface area contributed by atoms with Crippen molar-refractivity contribution in [2.75, 3.05) is 13.1 Å². The number of piperidine rings is 1. The van der Waals surface area contributed by atoms with E-state index in [1.165, 1.54) is 11.8 Å². The van der Waals surface area contributed by atoms with Gasteiger partial charge < -0.3 is 10.0 Å². The number of hydrogen-bond acceptors (Lipinski definition) is 3. The summed E-state index contributed by atoms with van der Waals surface area (Å²) in [6.45, 7) is 2.70. The largest absolute Gasteiger partial charge is 0.481 e. The third-order valence-electron chi connectivity index (χ3n) is 3.61. The van der Waals surface area contributed by atoms with Crippen LogP contribution in [0.2, 0.25) is 5.02 Å². The van der Waals surface area contributed by atoms with E-state index in [1.54, 1.807) is 16.7 Å². The van der Waals surface area contributed by atoms with Crippen molar-refractivity contribution in [2.45, 2.75) is 29.9 Å². The topological polar surface area (TPSA) is 57.6 Å². The van der Waals surface area contributed by atoms with Crippen LogP contribution in [0, 0.1) is 5.92 Å². The van der Waals surface area contributed by atoms with Crippen molar-refractivity contribution in [3.05, 3.63) is 29.3 Å². The highest BCUT2D eigenvalue weighted by Crippen LogP contribution is 2.31. The molecule has 1 saturated heterocycles. The average molecular weight is 328 g/mol. The molecule has 4 nitrogen and oxygen atoms in total. The van der Waals surface area contributed by atoms with Crippen LogP contribution in [0.5, 0.6) is 0 Å². The molecule has 1 atom stereocenters. The molecule has 0 spiro atoms. The van der Waals surface area contributed by atoms with Crippen LogP contribution in [0.4, 0.5) is 0 Å². The van der Waals surface area contributed by atoms with Crippen LogP contribution in [0.1, 0.15) is 19.8 Å². The van der Waals surface area contributed by atoms with Gasteiger partial charge in [0.25, 0.3) is 0 Å². The van der Waals surface area contributed by atoms with Crippen LogP contribution in [-0.2, 0) is 9.59 Å². The molecule has 1 N–H and O–H groups in total. The third kappa shape index (κ3) is 4.38.